The molecule has 2 aromatic rings. The molecule has 0 unspecified atom stereocenters. The molecule has 0 radical (unpaired) electrons. The van der Waals surface area contributed by atoms with Crippen molar-refractivity contribution in [3.05, 3.63) is 52.2 Å². The molecule has 2 heterocycles. The number of guanidine groups is 1. The van der Waals surface area contributed by atoms with E-state index in [1.54, 1.807) is 0 Å². The van der Waals surface area contributed by atoms with E-state index in [1.807, 2.05) is 39.1 Å². The summed E-state index contributed by atoms with van der Waals surface area (Å²) in [4.78, 5) is 11.3. The minimum Gasteiger partial charge on any atom is -0.444 e. The number of aryl methyl sites for hydroxylation is 2. The molecule has 1 aliphatic rings. The first-order valence-electron chi connectivity index (χ1n) is 10.4. The standard InChI is InChI=1S/C22H32ClN5O.HI/c1-16-17(2)29-21(27-16)15-28-12-9-18(10-13-28)14-26-22(24-3)25-11-8-19-6-4-5-7-20(19)23;/h4-7,18H,8-15H2,1-3H3,(H2,24,25,26);1H. The van der Waals surface area contributed by atoms with Gasteiger partial charge in [-0.25, -0.2) is 4.98 Å². The fourth-order valence-corrected chi connectivity index (χ4v) is 3.86. The van der Waals surface area contributed by atoms with Gasteiger partial charge in [0.05, 0.1) is 12.2 Å². The zero-order chi connectivity index (χ0) is 20.6. The number of aliphatic imine (C=N–C) groups is 1. The Labute approximate surface area is 201 Å². The minimum absolute atomic E-state index is 0. The van der Waals surface area contributed by atoms with Gasteiger partial charge in [0.1, 0.15) is 5.76 Å². The average molecular weight is 546 g/mol. The molecule has 0 saturated carbocycles. The van der Waals surface area contributed by atoms with Crippen LogP contribution in [0.4, 0.5) is 0 Å². The van der Waals surface area contributed by atoms with Crippen LogP contribution in [0.2, 0.25) is 5.02 Å². The van der Waals surface area contributed by atoms with Gasteiger partial charge >= 0.3 is 0 Å². The maximum absolute atomic E-state index is 6.22. The minimum atomic E-state index is 0. The van der Waals surface area contributed by atoms with E-state index in [4.69, 9.17) is 16.0 Å². The highest BCUT2D eigenvalue weighted by atomic mass is 127. The van der Waals surface area contributed by atoms with Crippen LogP contribution in [-0.4, -0.2) is 49.1 Å². The van der Waals surface area contributed by atoms with Gasteiger partial charge < -0.3 is 15.1 Å². The zero-order valence-corrected chi connectivity index (χ0v) is 21.2. The normalized spacial score (nSPS) is 15.7. The number of halogens is 2. The molecular formula is C22H33ClIN5O. The van der Waals surface area contributed by atoms with Gasteiger partial charge in [0, 0.05) is 25.2 Å². The highest BCUT2D eigenvalue weighted by Crippen LogP contribution is 2.19. The van der Waals surface area contributed by atoms with Crippen molar-refractivity contribution in [3.8, 4) is 0 Å². The third kappa shape index (κ3) is 7.42. The molecule has 1 aromatic carbocycles. The number of oxazole rings is 1. The first kappa shape index (κ1) is 24.9. The molecule has 8 heteroatoms. The third-order valence-electron chi connectivity index (χ3n) is 5.57. The number of rotatable bonds is 7. The monoisotopic (exact) mass is 545 g/mol. The number of piperidine rings is 1. The number of nitrogens with one attached hydrogen (secondary N) is 2. The van der Waals surface area contributed by atoms with Gasteiger partial charge in [0.2, 0.25) is 5.89 Å². The lowest BCUT2D eigenvalue weighted by atomic mass is 9.97. The van der Waals surface area contributed by atoms with Gasteiger partial charge in [-0.2, -0.15) is 0 Å². The van der Waals surface area contributed by atoms with Crippen molar-refractivity contribution in [1.82, 2.24) is 20.5 Å². The van der Waals surface area contributed by atoms with E-state index in [9.17, 15) is 0 Å². The van der Waals surface area contributed by atoms with Crippen LogP contribution in [0.3, 0.4) is 0 Å². The lowest BCUT2D eigenvalue weighted by molar-refractivity contribution is 0.164. The van der Waals surface area contributed by atoms with E-state index in [-0.39, 0.29) is 24.0 Å². The fraction of sp³-hybridized carbons (Fsp3) is 0.545. The lowest BCUT2D eigenvalue weighted by Gasteiger charge is -2.31. The summed E-state index contributed by atoms with van der Waals surface area (Å²) in [5, 5.41) is 7.67. The summed E-state index contributed by atoms with van der Waals surface area (Å²) in [6, 6.07) is 7.97. The zero-order valence-electron chi connectivity index (χ0n) is 18.1. The van der Waals surface area contributed by atoms with Gasteiger partial charge in [0.25, 0.3) is 0 Å². The van der Waals surface area contributed by atoms with Crippen molar-refractivity contribution in [1.29, 1.82) is 0 Å². The third-order valence-corrected chi connectivity index (χ3v) is 5.93. The largest absolute Gasteiger partial charge is 0.444 e. The topological polar surface area (TPSA) is 65.7 Å². The molecule has 0 aliphatic carbocycles. The smallest absolute Gasteiger partial charge is 0.208 e. The quantitative estimate of drug-likeness (QED) is 0.310. The highest BCUT2D eigenvalue weighted by molar-refractivity contribution is 14.0. The van der Waals surface area contributed by atoms with Crippen molar-refractivity contribution in [2.75, 3.05) is 33.2 Å². The maximum Gasteiger partial charge on any atom is 0.208 e. The number of benzene rings is 1. The van der Waals surface area contributed by atoms with Crippen LogP contribution in [0.5, 0.6) is 0 Å². The molecule has 0 atom stereocenters. The molecule has 166 valence electrons. The Kier molecular flexibility index (Phi) is 10.4. The molecule has 1 saturated heterocycles. The van der Waals surface area contributed by atoms with E-state index in [2.05, 4.69) is 31.6 Å². The predicted molar refractivity (Wildman–Crippen MR) is 134 cm³/mol. The Morgan fingerprint density at radius 1 is 1.23 bits per heavy atom. The summed E-state index contributed by atoms with van der Waals surface area (Å²) in [5.74, 6) is 3.26. The van der Waals surface area contributed by atoms with Crippen molar-refractivity contribution in [3.63, 3.8) is 0 Å². The van der Waals surface area contributed by atoms with E-state index in [0.29, 0.717) is 5.92 Å². The van der Waals surface area contributed by atoms with Gasteiger partial charge in [-0.3, -0.25) is 9.89 Å². The number of aromatic nitrogens is 1. The highest BCUT2D eigenvalue weighted by Gasteiger charge is 2.21. The SMILES string of the molecule is CN=C(NCCc1ccccc1Cl)NCC1CCN(Cc2nc(C)c(C)o2)CC1.I. The summed E-state index contributed by atoms with van der Waals surface area (Å²) in [6.07, 6.45) is 3.21. The Morgan fingerprint density at radius 3 is 2.60 bits per heavy atom. The Hall–Kier alpha value is -1.32. The molecular weight excluding hydrogens is 513 g/mol. The Morgan fingerprint density at radius 2 is 1.97 bits per heavy atom. The van der Waals surface area contributed by atoms with Crippen molar-refractivity contribution in [2.45, 2.75) is 39.7 Å². The summed E-state index contributed by atoms with van der Waals surface area (Å²) >= 11 is 6.22. The van der Waals surface area contributed by atoms with Gasteiger partial charge in [0.15, 0.2) is 5.96 Å². The predicted octanol–water partition coefficient (Wildman–Crippen LogP) is 4.18. The van der Waals surface area contributed by atoms with Gasteiger partial charge in [-0.15, -0.1) is 24.0 Å². The van der Waals surface area contributed by atoms with Crippen LogP contribution in [-0.2, 0) is 13.0 Å². The van der Waals surface area contributed by atoms with Crippen LogP contribution in [0.25, 0.3) is 0 Å². The van der Waals surface area contributed by atoms with Gasteiger partial charge in [-0.05, 0) is 63.7 Å². The average Bonchev–Trinajstić information content (AvgIpc) is 3.04. The van der Waals surface area contributed by atoms with Crippen LogP contribution in [0.1, 0.15) is 35.7 Å². The van der Waals surface area contributed by atoms with E-state index < -0.39 is 0 Å². The molecule has 1 fully saturated rings. The maximum atomic E-state index is 6.22. The van der Waals surface area contributed by atoms with Crippen LogP contribution in [0, 0.1) is 19.8 Å². The summed E-state index contributed by atoms with van der Waals surface area (Å²) in [6.45, 7) is 8.67. The molecule has 3 rings (SSSR count). The van der Waals surface area contributed by atoms with Crippen LogP contribution < -0.4 is 10.6 Å². The first-order valence-corrected chi connectivity index (χ1v) is 10.8. The van der Waals surface area contributed by atoms with E-state index >= 15 is 0 Å². The molecule has 0 bridgehead atoms. The molecule has 30 heavy (non-hydrogen) atoms. The van der Waals surface area contributed by atoms with E-state index in [0.717, 1.165) is 73.0 Å². The number of hydrogen-bond acceptors (Lipinski definition) is 4. The molecule has 6 nitrogen and oxygen atoms in total. The van der Waals surface area contributed by atoms with Gasteiger partial charge in [-0.1, -0.05) is 29.8 Å². The summed E-state index contributed by atoms with van der Waals surface area (Å²) < 4.78 is 5.72. The summed E-state index contributed by atoms with van der Waals surface area (Å²) in [7, 11) is 1.81. The van der Waals surface area contributed by atoms with Crippen molar-refractivity contribution in [2.24, 2.45) is 10.9 Å². The summed E-state index contributed by atoms with van der Waals surface area (Å²) in [5.41, 5.74) is 2.15. The molecule has 2 N–H and O–H groups in total. The Balaban J connectivity index is 0.00000320. The molecule has 0 spiro atoms. The lowest BCUT2D eigenvalue weighted by Crippen LogP contribution is -2.43. The second kappa shape index (κ2) is 12.5. The molecule has 0 amide bonds. The fourth-order valence-electron chi connectivity index (χ4n) is 3.63. The van der Waals surface area contributed by atoms with Crippen LogP contribution >= 0.6 is 35.6 Å². The second-order valence-electron chi connectivity index (χ2n) is 7.69. The van der Waals surface area contributed by atoms with E-state index in [1.165, 1.54) is 12.8 Å². The van der Waals surface area contributed by atoms with Crippen LogP contribution in [0.15, 0.2) is 33.7 Å². The Bertz CT molecular complexity index is 798. The van der Waals surface area contributed by atoms with Crippen molar-refractivity contribution >= 4 is 41.5 Å². The number of nitrogens with zero attached hydrogens (tertiary/aromatic N) is 3. The first-order chi connectivity index (χ1) is 14.0. The molecule has 1 aromatic heterocycles. The molecule has 1 aliphatic heterocycles. The second-order valence-corrected chi connectivity index (χ2v) is 8.10. The number of likely N-dealkylation sites (tertiary alicyclic amines) is 1. The number of hydrogen-bond donors (Lipinski definition) is 2. The van der Waals surface area contributed by atoms with Crippen molar-refractivity contribution < 1.29 is 4.42 Å².